The molecule has 0 spiro atoms. The first-order valence-electron chi connectivity index (χ1n) is 4.82. The van der Waals surface area contributed by atoms with E-state index in [-0.39, 0.29) is 11.1 Å². The van der Waals surface area contributed by atoms with Gasteiger partial charge in [0.1, 0.15) is 0 Å². The van der Waals surface area contributed by atoms with Crippen molar-refractivity contribution in [3.63, 3.8) is 0 Å². The van der Waals surface area contributed by atoms with E-state index in [1.54, 1.807) is 6.07 Å². The van der Waals surface area contributed by atoms with Crippen LogP contribution in [0.5, 0.6) is 0 Å². The molecule has 0 radical (unpaired) electrons. The quantitative estimate of drug-likeness (QED) is 0.846. The number of hydrogen-bond acceptors (Lipinski definition) is 4. The lowest BCUT2D eigenvalue weighted by molar-refractivity contribution is 0.0696. The van der Waals surface area contributed by atoms with Gasteiger partial charge >= 0.3 is 5.97 Å². The maximum atomic E-state index is 11.1. The molecular formula is C11H7BrN2O3S. The van der Waals surface area contributed by atoms with Gasteiger partial charge in [0.2, 0.25) is 0 Å². The Morgan fingerprint density at radius 1 is 1.39 bits per heavy atom. The summed E-state index contributed by atoms with van der Waals surface area (Å²) >= 11 is 4.53. The number of carboxylic acid groups (broad SMARTS) is 1. The molecular weight excluding hydrogens is 320 g/mol. The van der Waals surface area contributed by atoms with Crippen LogP contribution in [0.4, 0.5) is 0 Å². The number of rotatable bonds is 3. The largest absolute Gasteiger partial charge is 0.478 e. The summed E-state index contributed by atoms with van der Waals surface area (Å²) in [4.78, 5) is 29.2. The Hall–Kier alpha value is -1.60. The summed E-state index contributed by atoms with van der Waals surface area (Å²) in [5.41, 5.74) is -0.0356. The van der Waals surface area contributed by atoms with Crippen LogP contribution in [0.2, 0.25) is 0 Å². The minimum atomic E-state index is -0.988. The second kappa shape index (κ2) is 5.36. The molecule has 0 saturated heterocycles. The van der Waals surface area contributed by atoms with Crippen LogP contribution in [0.1, 0.15) is 10.4 Å². The Morgan fingerprint density at radius 3 is 2.78 bits per heavy atom. The third-order valence-corrected chi connectivity index (χ3v) is 3.93. The molecule has 2 N–H and O–H groups in total. The van der Waals surface area contributed by atoms with Gasteiger partial charge in [0.25, 0.3) is 5.56 Å². The van der Waals surface area contributed by atoms with E-state index in [2.05, 4.69) is 25.9 Å². The predicted molar refractivity (Wildman–Crippen MR) is 70.1 cm³/mol. The summed E-state index contributed by atoms with van der Waals surface area (Å²) in [6.45, 7) is 0. The summed E-state index contributed by atoms with van der Waals surface area (Å²) in [6, 6.07) is 5.99. The molecule has 0 aliphatic rings. The smallest absolute Gasteiger partial charge is 0.335 e. The third kappa shape index (κ3) is 2.99. The highest BCUT2D eigenvalue weighted by atomic mass is 79.9. The van der Waals surface area contributed by atoms with E-state index < -0.39 is 5.97 Å². The first-order chi connectivity index (χ1) is 8.56. The zero-order valence-corrected chi connectivity index (χ0v) is 11.3. The van der Waals surface area contributed by atoms with E-state index >= 15 is 0 Å². The van der Waals surface area contributed by atoms with Crippen molar-refractivity contribution in [2.45, 2.75) is 10.1 Å². The van der Waals surface area contributed by atoms with E-state index in [9.17, 15) is 9.59 Å². The van der Waals surface area contributed by atoms with E-state index in [0.29, 0.717) is 9.63 Å². The van der Waals surface area contributed by atoms with Crippen LogP contribution in [0.25, 0.3) is 0 Å². The summed E-state index contributed by atoms with van der Waals surface area (Å²) in [5.74, 6) is -0.988. The van der Waals surface area contributed by atoms with Gasteiger partial charge in [-0.25, -0.2) is 9.78 Å². The lowest BCUT2D eigenvalue weighted by atomic mass is 10.2. The number of nitrogens with zero attached hydrogens (tertiary/aromatic N) is 1. The van der Waals surface area contributed by atoms with E-state index in [1.807, 2.05) is 0 Å². The molecule has 0 atom stereocenters. The van der Waals surface area contributed by atoms with E-state index in [0.717, 1.165) is 4.90 Å². The molecule has 0 bridgehead atoms. The average molecular weight is 327 g/mol. The molecule has 1 aromatic heterocycles. The monoisotopic (exact) mass is 326 g/mol. The molecule has 18 heavy (non-hydrogen) atoms. The topological polar surface area (TPSA) is 83.0 Å². The molecule has 0 unspecified atom stereocenters. The van der Waals surface area contributed by atoms with Crippen LogP contribution in [0, 0.1) is 0 Å². The summed E-state index contributed by atoms with van der Waals surface area (Å²) in [7, 11) is 0. The fourth-order valence-electron chi connectivity index (χ4n) is 1.22. The second-order valence-corrected chi connectivity index (χ2v) is 5.18. The van der Waals surface area contributed by atoms with Gasteiger partial charge in [-0.15, -0.1) is 0 Å². The van der Waals surface area contributed by atoms with Crippen molar-refractivity contribution in [3.05, 3.63) is 50.9 Å². The number of halogens is 1. The van der Waals surface area contributed by atoms with Gasteiger partial charge in [-0.1, -0.05) is 11.8 Å². The predicted octanol–water partition coefficient (Wildman–Crippen LogP) is 2.38. The van der Waals surface area contributed by atoms with Gasteiger partial charge in [0.15, 0.2) is 5.16 Å². The number of carbonyl (C=O) groups is 1. The molecule has 2 aromatic rings. The molecule has 0 amide bonds. The molecule has 0 fully saturated rings. The summed E-state index contributed by atoms with van der Waals surface area (Å²) in [5, 5.41) is 9.29. The van der Waals surface area contributed by atoms with Crippen molar-refractivity contribution in [1.29, 1.82) is 0 Å². The molecule has 0 saturated carbocycles. The number of H-pyrrole nitrogens is 1. The number of aromatic carboxylic acids is 1. The van der Waals surface area contributed by atoms with Gasteiger partial charge in [-0.2, -0.15) is 0 Å². The summed E-state index contributed by atoms with van der Waals surface area (Å²) < 4.78 is 0.638. The Morgan fingerprint density at radius 2 is 2.17 bits per heavy atom. The third-order valence-electron chi connectivity index (χ3n) is 2.03. The van der Waals surface area contributed by atoms with Crippen LogP contribution in [-0.4, -0.2) is 21.0 Å². The zero-order valence-electron chi connectivity index (χ0n) is 8.88. The van der Waals surface area contributed by atoms with Gasteiger partial charge in [0, 0.05) is 21.6 Å². The Bertz CT molecular complexity index is 657. The highest BCUT2D eigenvalue weighted by molar-refractivity contribution is 9.10. The fourth-order valence-corrected chi connectivity index (χ4v) is 2.61. The molecule has 1 aromatic carbocycles. The standard InChI is InChI=1S/C11H7BrN2O3S/c12-7-5-6(10(16)17)1-2-8(7)18-11-13-4-3-9(15)14-11/h1-5H,(H,16,17)(H,13,14,15). The normalized spacial score (nSPS) is 10.3. The lowest BCUT2D eigenvalue weighted by Crippen LogP contribution is -2.05. The van der Waals surface area contributed by atoms with Crippen LogP contribution in [0.15, 0.2) is 49.8 Å². The van der Waals surface area contributed by atoms with Crippen LogP contribution < -0.4 is 5.56 Å². The van der Waals surface area contributed by atoms with Crippen LogP contribution in [0.3, 0.4) is 0 Å². The van der Waals surface area contributed by atoms with Crippen molar-refractivity contribution in [2.75, 3.05) is 0 Å². The number of aromatic amines is 1. The van der Waals surface area contributed by atoms with Gasteiger partial charge in [-0.05, 0) is 34.1 Å². The molecule has 7 heteroatoms. The SMILES string of the molecule is O=C(O)c1ccc(Sc2nccc(=O)[nH]2)c(Br)c1. The molecule has 92 valence electrons. The average Bonchev–Trinajstić information content (AvgIpc) is 2.31. The van der Waals surface area contributed by atoms with E-state index in [1.165, 1.54) is 36.2 Å². The number of nitrogens with one attached hydrogen (secondary N) is 1. The van der Waals surface area contributed by atoms with Crippen LogP contribution >= 0.6 is 27.7 Å². The number of aromatic nitrogens is 2. The Balaban J connectivity index is 2.30. The maximum Gasteiger partial charge on any atom is 0.335 e. The van der Waals surface area contributed by atoms with Crippen molar-refractivity contribution < 1.29 is 9.90 Å². The van der Waals surface area contributed by atoms with Crippen LogP contribution in [-0.2, 0) is 0 Å². The Kier molecular flexibility index (Phi) is 3.83. The zero-order chi connectivity index (χ0) is 13.1. The lowest BCUT2D eigenvalue weighted by Gasteiger charge is -2.04. The Labute approximate surface area is 114 Å². The molecule has 0 aliphatic heterocycles. The van der Waals surface area contributed by atoms with Crippen molar-refractivity contribution in [3.8, 4) is 0 Å². The first-order valence-corrected chi connectivity index (χ1v) is 6.43. The van der Waals surface area contributed by atoms with Crippen molar-refractivity contribution in [1.82, 2.24) is 9.97 Å². The van der Waals surface area contributed by atoms with Gasteiger partial charge < -0.3 is 10.1 Å². The second-order valence-electron chi connectivity index (χ2n) is 3.29. The molecule has 2 rings (SSSR count). The summed E-state index contributed by atoms with van der Waals surface area (Å²) in [6.07, 6.45) is 1.42. The first kappa shape index (κ1) is 12.8. The van der Waals surface area contributed by atoms with Gasteiger partial charge in [-0.3, -0.25) is 4.79 Å². The van der Waals surface area contributed by atoms with E-state index in [4.69, 9.17) is 5.11 Å². The highest BCUT2D eigenvalue weighted by Crippen LogP contribution is 2.31. The maximum absolute atomic E-state index is 11.1. The minimum Gasteiger partial charge on any atom is -0.478 e. The number of carboxylic acids is 1. The fraction of sp³-hybridized carbons (Fsp3) is 0. The highest BCUT2D eigenvalue weighted by Gasteiger charge is 2.08. The molecule has 1 heterocycles. The van der Waals surface area contributed by atoms with Crippen molar-refractivity contribution in [2.24, 2.45) is 0 Å². The number of hydrogen-bond donors (Lipinski definition) is 2. The van der Waals surface area contributed by atoms with Gasteiger partial charge in [0.05, 0.1) is 5.56 Å². The molecule has 0 aliphatic carbocycles. The molecule has 5 nitrogen and oxygen atoms in total. The van der Waals surface area contributed by atoms with Crippen molar-refractivity contribution >= 4 is 33.7 Å². The number of benzene rings is 1. The minimum absolute atomic E-state index is 0.195.